The van der Waals surface area contributed by atoms with Crippen molar-refractivity contribution in [2.45, 2.75) is 18.0 Å². The second-order valence-corrected chi connectivity index (χ2v) is 7.52. The number of alkyl halides is 6. The quantitative estimate of drug-likeness (QED) is 0.199. The molecular formula is C21H4F14O. The van der Waals surface area contributed by atoms with E-state index >= 15 is 0 Å². The number of aliphatic hydroxyl groups is 1. The van der Waals surface area contributed by atoms with Gasteiger partial charge in [0, 0.05) is 22.3 Å². The Labute approximate surface area is 189 Å². The number of hydrogen-bond donors (Lipinski definition) is 1. The summed E-state index contributed by atoms with van der Waals surface area (Å²) in [5, 5.41) is 11.2. The summed E-state index contributed by atoms with van der Waals surface area (Å²) < 4.78 is 195. The molecular weight excluding hydrogens is 534 g/mol. The van der Waals surface area contributed by atoms with E-state index in [9.17, 15) is 66.6 Å². The SMILES string of the molecule is OC1(c2cc(C(F)(F)F)cc(C(F)(F)F)c2)c2c(F)c(F)c(F)c(F)c2-c2c(F)c(F)c(F)c(F)c21. The van der Waals surface area contributed by atoms with Gasteiger partial charge in [-0.15, -0.1) is 0 Å². The standard InChI is InChI=1S/C21H4F14O/c22-11-7-8-10(14(25)18(29)16(27)12(8)23)19(36,9(7)13(24)17(28)15(11)26)4-1-5(20(30,31)32)3-6(2-4)21(33,34)35/h1-3,36H. The van der Waals surface area contributed by atoms with E-state index in [-0.39, 0.29) is 12.1 Å². The van der Waals surface area contributed by atoms with Gasteiger partial charge in [0.2, 0.25) is 0 Å². The number of benzene rings is 3. The fourth-order valence-corrected chi connectivity index (χ4v) is 3.99. The Morgan fingerprint density at radius 1 is 0.472 bits per heavy atom. The number of rotatable bonds is 1. The summed E-state index contributed by atoms with van der Waals surface area (Å²) in [4.78, 5) is 0. The minimum atomic E-state index is -5.63. The van der Waals surface area contributed by atoms with E-state index in [1.54, 1.807) is 0 Å². The van der Waals surface area contributed by atoms with Crippen molar-refractivity contribution in [2.24, 2.45) is 0 Å². The molecule has 0 aromatic heterocycles. The number of hydrogen-bond acceptors (Lipinski definition) is 1. The third kappa shape index (κ3) is 3.28. The predicted molar refractivity (Wildman–Crippen MR) is 90.1 cm³/mol. The van der Waals surface area contributed by atoms with Crippen molar-refractivity contribution < 1.29 is 66.6 Å². The van der Waals surface area contributed by atoms with Crippen LogP contribution in [0.5, 0.6) is 0 Å². The van der Waals surface area contributed by atoms with Crippen LogP contribution in [0.2, 0.25) is 0 Å². The molecule has 0 unspecified atom stereocenters. The average molecular weight is 538 g/mol. The van der Waals surface area contributed by atoms with Gasteiger partial charge >= 0.3 is 12.4 Å². The molecule has 0 amide bonds. The fourth-order valence-electron chi connectivity index (χ4n) is 3.99. The van der Waals surface area contributed by atoms with E-state index in [4.69, 9.17) is 0 Å². The topological polar surface area (TPSA) is 20.2 Å². The van der Waals surface area contributed by atoms with Crippen LogP contribution in [0.4, 0.5) is 61.5 Å². The highest BCUT2D eigenvalue weighted by atomic mass is 19.4. The van der Waals surface area contributed by atoms with E-state index in [0.29, 0.717) is 0 Å². The van der Waals surface area contributed by atoms with Crippen molar-refractivity contribution in [3.05, 3.63) is 92.6 Å². The lowest BCUT2D eigenvalue weighted by molar-refractivity contribution is -0.143. The minimum Gasteiger partial charge on any atom is -0.376 e. The molecule has 1 aliphatic rings. The maximum Gasteiger partial charge on any atom is 0.416 e. The van der Waals surface area contributed by atoms with Crippen molar-refractivity contribution in [1.29, 1.82) is 0 Å². The van der Waals surface area contributed by atoms with Gasteiger partial charge in [-0.3, -0.25) is 0 Å². The molecule has 3 aromatic rings. The first-order valence-corrected chi connectivity index (χ1v) is 9.10. The molecule has 1 nitrogen and oxygen atoms in total. The molecule has 0 saturated carbocycles. The van der Waals surface area contributed by atoms with Gasteiger partial charge in [-0.2, -0.15) is 26.3 Å². The molecule has 0 radical (unpaired) electrons. The van der Waals surface area contributed by atoms with Crippen LogP contribution < -0.4 is 0 Å². The Kier molecular flexibility index (Phi) is 5.41. The first kappa shape index (κ1) is 25.7. The summed E-state index contributed by atoms with van der Waals surface area (Å²) >= 11 is 0. The third-order valence-corrected chi connectivity index (χ3v) is 5.51. The van der Waals surface area contributed by atoms with Crippen molar-refractivity contribution >= 4 is 0 Å². The molecule has 1 N–H and O–H groups in total. The third-order valence-electron chi connectivity index (χ3n) is 5.51. The predicted octanol–water partition coefficient (Wildman–Crippen LogP) is 7.10. The zero-order valence-corrected chi connectivity index (χ0v) is 16.5. The normalized spacial score (nSPS) is 14.8. The first-order valence-electron chi connectivity index (χ1n) is 9.10. The molecule has 0 saturated heterocycles. The highest BCUT2D eigenvalue weighted by Gasteiger charge is 2.54. The average Bonchev–Trinajstić information content (AvgIpc) is 3.07. The Morgan fingerprint density at radius 2 is 0.778 bits per heavy atom. The Bertz CT molecular complexity index is 1350. The van der Waals surface area contributed by atoms with E-state index < -0.39 is 110 Å². The van der Waals surface area contributed by atoms with E-state index in [0.717, 1.165) is 0 Å². The largest absolute Gasteiger partial charge is 0.416 e. The summed E-state index contributed by atoms with van der Waals surface area (Å²) in [6, 6.07) is -1.22. The van der Waals surface area contributed by atoms with Gasteiger partial charge < -0.3 is 5.11 Å². The van der Waals surface area contributed by atoms with Crippen molar-refractivity contribution in [3.8, 4) is 11.1 Å². The van der Waals surface area contributed by atoms with Gasteiger partial charge in [-0.05, 0) is 23.8 Å². The van der Waals surface area contributed by atoms with Gasteiger partial charge in [-0.25, -0.2) is 35.1 Å². The van der Waals surface area contributed by atoms with Crippen molar-refractivity contribution in [3.63, 3.8) is 0 Å². The lowest BCUT2D eigenvalue weighted by Gasteiger charge is -2.29. The zero-order chi connectivity index (χ0) is 27.3. The maximum absolute atomic E-state index is 14.8. The molecule has 0 atom stereocenters. The molecule has 3 aromatic carbocycles. The summed E-state index contributed by atoms with van der Waals surface area (Å²) in [7, 11) is 0. The second-order valence-electron chi connectivity index (χ2n) is 7.52. The number of fused-ring (bicyclic) bond motifs is 3. The first-order chi connectivity index (χ1) is 16.3. The van der Waals surface area contributed by atoms with E-state index in [2.05, 4.69) is 0 Å². The highest BCUT2D eigenvalue weighted by Crippen LogP contribution is 2.57. The van der Waals surface area contributed by atoms with Crippen LogP contribution >= 0.6 is 0 Å². The summed E-state index contributed by atoms with van der Waals surface area (Å²) in [5.74, 6) is -21.8. The van der Waals surface area contributed by atoms with Crippen molar-refractivity contribution in [2.75, 3.05) is 0 Å². The molecule has 0 fully saturated rings. The van der Waals surface area contributed by atoms with Crippen LogP contribution in [-0.4, -0.2) is 5.11 Å². The van der Waals surface area contributed by atoms with Gasteiger partial charge in [0.25, 0.3) is 0 Å². The van der Waals surface area contributed by atoms with Crippen LogP contribution in [0.3, 0.4) is 0 Å². The smallest absolute Gasteiger partial charge is 0.376 e. The van der Waals surface area contributed by atoms with Crippen LogP contribution in [0.1, 0.15) is 27.8 Å². The fraction of sp³-hybridized carbons (Fsp3) is 0.143. The van der Waals surface area contributed by atoms with E-state index in [1.807, 2.05) is 0 Å². The molecule has 192 valence electrons. The molecule has 4 rings (SSSR count). The Balaban J connectivity index is 2.30. The van der Waals surface area contributed by atoms with Gasteiger partial charge in [-0.1, -0.05) is 0 Å². The second kappa shape index (κ2) is 7.57. The summed E-state index contributed by atoms with van der Waals surface area (Å²) in [6.07, 6.45) is -11.3. The molecule has 0 heterocycles. The van der Waals surface area contributed by atoms with Crippen LogP contribution in [0.15, 0.2) is 18.2 Å². The molecule has 36 heavy (non-hydrogen) atoms. The molecule has 0 aliphatic heterocycles. The van der Waals surface area contributed by atoms with E-state index in [1.165, 1.54) is 0 Å². The maximum atomic E-state index is 14.8. The summed E-state index contributed by atoms with van der Waals surface area (Å²) in [6.45, 7) is 0. The number of halogens is 14. The summed E-state index contributed by atoms with van der Waals surface area (Å²) in [5.41, 5.74) is -18.8. The van der Waals surface area contributed by atoms with Crippen LogP contribution in [0, 0.1) is 46.5 Å². The molecule has 15 heteroatoms. The van der Waals surface area contributed by atoms with Gasteiger partial charge in [0.15, 0.2) is 46.5 Å². The Morgan fingerprint density at radius 3 is 1.08 bits per heavy atom. The lowest BCUT2D eigenvalue weighted by Crippen LogP contribution is -2.31. The van der Waals surface area contributed by atoms with Gasteiger partial charge in [0.05, 0.1) is 11.1 Å². The molecule has 1 aliphatic carbocycles. The lowest BCUT2D eigenvalue weighted by atomic mass is 9.82. The minimum absolute atomic E-state index is 0.356. The zero-order valence-electron chi connectivity index (χ0n) is 16.5. The van der Waals surface area contributed by atoms with Crippen LogP contribution in [-0.2, 0) is 18.0 Å². The Hall–Kier alpha value is -3.36. The van der Waals surface area contributed by atoms with Crippen molar-refractivity contribution in [1.82, 2.24) is 0 Å². The highest BCUT2D eigenvalue weighted by molar-refractivity contribution is 5.84. The molecule has 0 bridgehead atoms. The molecule has 0 spiro atoms. The monoisotopic (exact) mass is 538 g/mol. The van der Waals surface area contributed by atoms with Gasteiger partial charge in [0.1, 0.15) is 5.60 Å². The van der Waals surface area contributed by atoms with Crippen LogP contribution in [0.25, 0.3) is 11.1 Å².